The van der Waals surface area contributed by atoms with E-state index in [0.717, 1.165) is 0 Å². The zero-order valence-electron chi connectivity index (χ0n) is 6.83. The first kappa shape index (κ1) is 10.0. The molecule has 0 fully saturated rings. The molecule has 0 bridgehead atoms. The van der Waals surface area contributed by atoms with Crippen LogP contribution in [0, 0.1) is 11.8 Å². The molecule has 1 aromatic heterocycles. The summed E-state index contributed by atoms with van der Waals surface area (Å²) < 4.78 is 5.08. The first-order chi connectivity index (χ1) is 6.24. The number of rotatable bonds is 2. The number of nitrogens with zero attached hydrogens (tertiary/aromatic N) is 1. The molecule has 0 amide bonds. The number of hydrogen-bond donors (Lipinski definition) is 0. The smallest absolute Gasteiger partial charge is 0.358 e. The molecule has 0 N–H and O–H groups in total. The molecule has 3 nitrogen and oxygen atoms in total. The maximum absolute atomic E-state index is 11.1. The van der Waals surface area contributed by atoms with E-state index >= 15 is 0 Å². The Morgan fingerprint density at radius 3 is 3.15 bits per heavy atom. The zero-order chi connectivity index (χ0) is 9.68. The highest BCUT2D eigenvalue weighted by Gasteiger charge is 2.10. The van der Waals surface area contributed by atoms with Crippen LogP contribution in [0.2, 0.25) is 4.47 Å². The van der Waals surface area contributed by atoms with E-state index in [4.69, 9.17) is 16.3 Å². The number of halogens is 1. The Balaban J connectivity index is 2.52. The second-order valence-corrected chi connectivity index (χ2v) is 3.43. The van der Waals surface area contributed by atoms with E-state index in [9.17, 15) is 4.79 Å². The van der Waals surface area contributed by atoms with Gasteiger partial charge in [0.25, 0.3) is 0 Å². The quantitative estimate of drug-likeness (QED) is 0.560. The molecule has 0 spiro atoms. The molecular formula is C8H6ClNO2S. The normalized spacial score (nSPS) is 8.77. The summed E-state index contributed by atoms with van der Waals surface area (Å²) in [5.41, 5.74) is 0.230. The van der Waals surface area contributed by atoms with Gasteiger partial charge in [-0.25, -0.2) is 9.78 Å². The molecule has 68 valence electrons. The summed E-state index contributed by atoms with van der Waals surface area (Å²) in [6, 6.07) is 0. The Kier molecular flexibility index (Phi) is 3.74. The lowest BCUT2D eigenvalue weighted by Gasteiger charge is -1.94. The number of thiazole rings is 1. The number of esters is 1. The van der Waals surface area contributed by atoms with E-state index in [1.54, 1.807) is 12.3 Å². The largest absolute Gasteiger partial charge is 0.448 e. The van der Waals surface area contributed by atoms with Crippen molar-refractivity contribution in [3.8, 4) is 11.8 Å². The SMILES string of the molecule is CC#CCOC(=O)c1csc(Cl)n1. The van der Waals surface area contributed by atoms with Gasteiger partial charge in [0, 0.05) is 5.38 Å². The topological polar surface area (TPSA) is 39.2 Å². The fourth-order valence-corrected chi connectivity index (χ4v) is 1.33. The molecule has 0 radical (unpaired) electrons. The Morgan fingerprint density at radius 2 is 2.62 bits per heavy atom. The lowest BCUT2D eigenvalue weighted by atomic mass is 10.5. The highest BCUT2D eigenvalue weighted by Crippen LogP contribution is 2.15. The van der Waals surface area contributed by atoms with Crippen LogP contribution in [-0.2, 0) is 4.74 Å². The van der Waals surface area contributed by atoms with Gasteiger partial charge in [-0.1, -0.05) is 17.5 Å². The summed E-state index contributed by atoms with van der Waals surface area (Å²) in [7, 11) is 0. The molecule has 0 unspecified atom stereocenters. The van der Waals surface area contributed by atoms with Crippen LogP contribution in [0.1, 0.15) is 17.4 Å². The van der Waals surface area contributed by atoms with Crippen molar-refractivity contribution in [2.45, 2.75) is 6.92 Å². The van der Waals surface area contributed by atoms with Gasteiger partial charge in [0.05, 0.1) is 0 Å². The predicted molar refractivity (Wildman–Crippen MR) is 50.9 cm³/mol. The highest BCUT2D eigenvalue weighted by molar-refractivity contribution is 7.14. The van der Waals surface area contributed by atoms with Gasteiger partial charge in [-0.15, -0.1) is 17.3 Å². The van der Waals surface area contributed by atoms with E-state index in [2.05, 4.69) is 16.8 Å². The van der Waals surface area contributed by atoms with Gasteiger partial charge in [-0.05, 0) is 6.92 Å². The molecule has 1 aromatic rings. The molecule has 1 rings (SSSR count). The van der Waals surface area contributed by atoms with Crippen molar-refractivity contribution in [2.24, 2.45) is 0 Å². The molecule has 0 aliphatic rings. The Morgan fingerprint density at radius 1 is 1.85 bits per heavy atom. The van der Waals surface area contributed by atoms with E-state index in [-0.39, 0.29) is 12.3 Å². The third-order valence-electron chi connectivity index (χ3n) is 1.14. The lowest BCUT2D eigenvalue weighted by Crippen LogP contribution is -2.05. The van der Waals surface area contributed by atoms with Gasteiger partial charge >= 0.3 is 5.97 Å². The average Bonchev–Trinajstić information content (AvgIpc) is 2.52. The van der Waals surface area contributed by atoms with E-state index in [0.29, 0.717) is 4.47 Å². The van der Waals surface area contributed by atoms with Crippen LogP contribution in [0.5, 0.6) is 0 Å². The van der Waals surface area contributed by atoms with Crippen LogP contribution in [0.4, 0.5) is 0 Å². The lowest BCUT2D eigenvalue weighted by molar-refractivity contribution is 0.0551. The van der Waals surface area contributed by atoms with Crippen molar-refractivity contribution in [1.29, 1.82) is 0 Å². The standard InChI is InChI=1S/C8H6ClNO2S/c1-2-3-4-12-7(11)6-5-13-8(9)10-6/h5H,4H2,1H3. The van der Waals surface area contributed by atoms with Gasteiger partial charge < -0.3 is 4.74 Å². The van der Waals surface area contributed by atoms with Gasteiger partial charge in [0.2, 0.25) is 0 Å². The highest BCUT2D eigenvalue weighted by atomic mass is 35.5. The van der Waals surface area contributed by atoms with Gasteiger partial charge in [0.15, 0.2) is 16.8 Å². The number of ether oxygens (including phenoxy) is 1. The molecule has 0 aliphatic heterocycles. The molecule has 0 aromatic carbocycles. The van der Waals surface area contributed by atoms with Crippen LogP contribution in [-0.4, -0.2) is 17.6 Å². The maximum Gasteiger partial charge on any atom is 0.358 e. The van der Waals surface area contributed by atoms with E-state index < -0.39 is 5.97 Å². The van der Waals surface area contributed by atoms with Crippen LogP contribution in [0.3, 0.4) is 0 Å². The summed E-state index contributed by atoms with van der Waals surface area (Å²) in [5, 5.41) is 1.55. The zero-order valence-corrected chi connectivity index (χ0v) is 8.41. The minimum Gasteiger partial charge on any atom is -0.448 e. The third-order valence-corrected chi connectivity index (χ3v) is 2.12. The molecule has 0 saturated heterocycles. The third kappa shape index (κ3) is 3.05. The van der Waals surface area contributed by atoms with Gasteiger partial charge in [-0.3, -0.25) is 0 Å². The minimum absolute atomic E-state index is 0.0878. The van der Waals surface area contributed by atoms with Crippen LogP contribution >= 0.6 is 22.9 Å². The fourth-order valence-electron chi connectivity index (χ4n) is 0.593. The number of carbonyl (C=O) groups excluding carboxylic acids is 1. The van der Waals surface area contributed by atoms with Gasteiger partial charge in [0.1, 0.15) is 0 Å². The minimum atomic E-state index is -0.495. The van der Waals surface area contributed by atoms with Crippen LogP contribution in [0.15, 0.2) is 5.38 Å². The van der Waals surface area contributed by atoms with Crippen molar-refractivity contribution in [2.75, 3.05) is 6.61 Å². The van der Waals surface area contributed by atoms with Crippen molar-refractivity contribution in [3.05, 3.63) is 15.5 Å². The van der Waals surface area contributed by atoms with Crippen molar-refractivity contribution < 1.29 is 9.53 Å². The van der Waals surface area contributed by atoms with Crippen molar-refractivity contribution in [3.63, 3.8) is 0 Å². The molecule has 1 heterocycles. The van der Waals surface area contributed by atoms with Crippen molar-refractivity contribution >= 4 is 28.9 Å². The first-order valence-corrected chi connectivity index (χ1v) is 4.67. The fraction of sp³-hybridized carbons (Fsp3) is 0.250. The molecular weight excluding hydrogens is 210 g/mol. The average molecular weight is 216 g/mol. The van der Waals surface area contributed by atoms with Gasteiger partial charge in [-0.2, -0.15) is 0 Å². The molecule has 0 atom stereocenters. The van der Waals surface area contributed by atoms with E-state index in [1.165, 1.54) is 11.3 Å². The second kappa shape index (κ2) is 4.85. The molecule has 13 heavy (non-hydrogen) atoms. The second-order valence-electron chi connectivity index (χ2n) is 1.99. The molecule has 0 saturated carbocycles. The number of hydrogen-bond acceptors (Lipinski definition) is 4. The Bertz CT molecular complexity index is 364. The number of aromatic nitrogens is 1. The first-order valence-electron chi connectivity index (χ1n) is 3.42. The summed E-state index contributed by atoms with van der Waals surface area (Å²) in [4.78, 5) is 14.9. The Hall–Kier alpha value is -1.05. The summed E-state index contributed by atoms with van der Waals surface area (Å²) in [6.45, 7) is 1.76. The van der Waals surface area contributed by atoms with Crippen molar-refractivity contribution in [1.82, 2.24) is 4.98 Å². The van der Waals surface area contributed by atoms with Crippen LogP contribution in [0.25, 0.3) is 0 Å². The monoisotopic (exact) mass is 215 g/mol. The maximum atomic E-state index is 11.1. The molecule has 5 heteroatoms. The predicted octanol–water partition coefficient (Wildman–Crippen LogP) is 1.98. The Labute approximate surface area is 84.7 Å². The number of carbonyl (C=O) groups is 1. The van der Waals surface area contributed by atoms with E-state index in [1.807, 2.05) is 0 Å². The summed E-state index contributed by atoms with van der Waals surface area (Å²) in [5.74, 6) is 4.72. The molecule has 0 aliphatic carbocycles. The van der Waals surface area contributed by atoms with Crippen LogP contribution < -0.4 is 0 Å². The summed E-state index contributed by atoms with van der Waals surface area (Å²) in [6.07, 6.45) is 0. The summed E-state index contributed by atoms with van der Waals surface area (Å²) >= 11 is 6.73.